The third kappa shape index (κ3) is 3.62. The van der Waals surface area contributed by atoms with E-state index < -0.39 is 35.0 Å². The molecular formula is C17H16N2O6S2. The van der Waals surface area contributed by atoms with Crippen LogP contribution in [0.3, 0.4) is 0 Å². The Bertz CT molecular complexity index is 851. The second-order valence-corrected chi connectivity index (χ2v) is 7.52. The summed E-state index contributed by atoms with van der Waals surface area (Å²) in [5.41, 5.74) is 0.194. The van der Waals surface area contributed by atoms with Gasteiger partial charge in [-0.25, -0.2) is 9.59 Å². The molecule has 8 nitrogen and oxygen atoms in total. The molecule has 0 aromatic heterocycles. The highest BCUT2D eigenvalue weighted by molar-refractivity contribution is 8.00. The lowest BCUT2D eigenvalue weighted by Crippen LogP contribution is -2.70. The molecule has 2 heterocycles. The number of carbonyl (C=O) groups is 3. The van der Waals surface area contributed by atoms with Gasteiger partial charge >= 0.3 is 11.9 Å². The number of carbonyl (C=O) groups excluding carboxylic acids is 1. The third-order valence-electron chi connectivity index (χ3n) is 4.27. The first-order valence-electron chi connectivity index (χ1n) is 7.90. The van der Waals surface area contributed by atoms with Crippen molar-refractivity contribution in [2.75, 3.05) is 12.9 Å². The van der Waals surface area contributed by atoms with E-state index in [4.69, 9.17) is 22.1 Å². The molecular weight excluding hydrogens is 392 g/mol. The Morgan fingerprint density at radius 1 is 1.30 bits per heavy atom. The largest absolute Gasteiger partial charge is 0.497 e. The van der Waals surface area contributed by atoms with Gasteiger partial charge in [0, 0.05) is 12.2 Å². The lowest BCUT2D eigenvalue weighted by Gasteiger charge is -2.49. The maximum absolute atomic E-state index is 12.4. The highest BCUT2D eigenvalue weighted by Gasteiger charge is 2.54. The molecule has 0 aliphatic carbocycles. The van der Waals surface area contributed by atoms with Crippen LogP contribution in [0.4, 0.5) is 0 Å². The smallest absolute Gasteiger partial charge is 0.353 e. The number of fused-ring (bicyclic) bond motifs is 1. The van der Waals surface area contributed by atoms with E-state index in [0.29, 0.717) is 11.4 Å². The molecule has 2 aliphatic rings. The Kier molecular flexibility index (Phi) is 5.38. The SMILES string of the molecule is COc1ccc(CC(=S)NC2C(=O)N3C(C(=O)O)=C(C(=O)O)CS[C@@H]23)cc1. The molecule has 142 valence electrons. The van der Waals surface area contributed by atoms with Crippen LogP contribution in [0.5, 0.6) is 5.75 Å². The number of carboxylic acid groups (broad SMARTS) is 2. The number of hydrogen-bond donors (Lipinski definition) is 3. The van der Waals surface area contributed by atoms with Crippen molar-refractivity contribution in [2.45, 2.75) is 17.8 Å². The summed E-state index contributed by atoms with van der Waals surface area (Å²) in [5.74, 6) is -2.53. The third-order valence-corrected chi connectivity index (χ3v) is 5.81. The topological polar surface area (TPSA) is 116 Å². The number of nitrogens with zero attached hydrogens (tertiary/aromatic N) is 1. The van der Waals surface area contributed by atoms with Crippen LogP contribution < -0.4 is 10.1 Å². The minimum atomic E-state index is -1.43. The van der Waals surface area contributed by atoms with E-state index in [0.717, 1.165) is 16.2 Å². The Morgan fingerprint density at radius 2 is 1.96 bits per heavy atom. The Labute approximate surface area is 164 Å². The highest BCUT2D eigenvalue weighted by atomic mass is 32.2. The van der Waals surface area contributed by atoms with Gasteiger partial charge in [0.25, 0.3) is 5.91 Å². The predicted octanol–water partition coefficient (Wildman–Crippen LogP) is 0.862. The molecule has 1 aromatic carbocycles. The van der Waals surface area contributed by atoms with E-state index in [1.807, 2.05) is 24.3 Å². The van der Waals surface area contributed by atoms with Crippen LogP contribution in [0.1, 0.15) is 5.56 Å². The van der Waals surface area contributed by atoms with Gasteiger partial charge in [0.1, 0.15) is 22.9 Å². The fourth-order valence-corrected chi connectivity index (χ4v) is 4.56. The molecule has 1 saturated heterocycles. The van der Waals surface area contributed by atoms with E-state index in [1.54, 1.807) is 7.11 Å². The van der Waals surface area contributed by atoms with E-state index >= 15 is 0 Å². The lowest BCUT2D eigenvalue weighted by atomic mass is 10.0. The summed E-state index contributed by atoms with van der Waals surface area (Å²) in [4.78, 5) is 36.6. The molecule has 2 aliphatic heterocycles. The average Bonchev–Trinajstić information content (AvgIpc) is 2.65. The highest BCUT2D eigenvalue weighted by Crippen LogP contribution is 2.40. The van der Waals surface area contributed by atoms with Crippen LogP contribution >= 0.6 is 24.0 Å². The molecule has 1 fully saturated rings. The summed E-state index contributed by atoms with van der Waals surface area (Å²) in [6, 6.07) is 6.67. The van der Waals surface area contributed by atoms with Gasteiger partial charge in [-0.1, -0.05) is 24.4 Å². The number of ether oxygens (including phenoxy) is 1. The molecule has 10 heteroatoms. The van der Waals surface area contributed by atoms with Gasteiger partial charge in [-0.3, -0.25) is 9.69 Å². The molecule has 3 rings (SSSR count). The maximum atomic E-state index is 12.4. The fraction of sp³-hybridized carbons (Fsp3) is 0.294. The zero-order chi connectivity index (χ0) is 19.7. The minimum Gasteiger partial charge on any atom is -0.497 e. The van der Waals surface area contributed by atoms with E-state index in [-0.39, 0.29) is 11.3 Å². The normalized spacial score (nSPS) is 21.2. The number of hydrogen-bond acceptors (Lipinski definition) is 6. The number of benzene rings is 1. The minimum absolute atomic E-state index is 0.00876. The fourth-order valence-electron chi connectivity index (χ4n) is 2.94. The maximum Gasteiger partial charge on any atom is 0.353 e. The summed E-state index contributed by atoms with van der Waals surface area (Å²) < 4.78 is 5.10. The number of nitrogens with one attached hydrogen (secondary N) is 1. The summed E-state index contributed by atoms with van der Waals surface area (Å²) >= 11 is 6.52. The van der Waals surface area contributed by atoms with Crippen molar-refractivity contribution in [1.29, 1.82) is 0 Å². The lowest BCUT2D eigenvalue weighted by molar-refractivity contribution is -0.149. The number of rotatable bonds is 6. The summed E-state index contributed by atoms with van der Waals surface area (Å²) in [7, 11) is 1.58. The van der Waals surface area contributed by atoms with Crippen molar-refractivity contribution in [3.63, 3.8) is 0 Å². The number of amides is 1. The quantitative estimate of drug-likeness (QED) is 0.465. The first-order chi connectivity index (χ1) is 12.8. The van der Waals surface area contributed by atoms with Crippen LogP contribution in [0, 0.1) is 0 Å². The molecule has 3 N–H and O–H groups in total. The van der Waals surface area contributed by atoms with Crippen molar-refractivity contribution < 1.29 is 29.3 Å². The van der Waals surface area contributed by atoms with E-state index in [2.05, 4.69) is 5.32 Å². The summed E-state index contributed by atoms with van der Waals surface area (Å²) in [6.07, 6.45) is 0.419. The first kappa shape index (κ1) is 19.2. The second kappa shape index (κ2) is 7.57. The monoisotopic (exact) mass is 408 g/mol. The van der Waals surface area contributed by atoms with Crippen LogP contribution in [-0.4, -0.2) is 62.2 Å². The second-order valence-electron chi connectivity index (χ2n) is 5.92. The number of carboxylic acids is 2. The standard InChI is InChI=1S/C17H16N2O6S2/c1-25-9-4-2-8(3-5-9)6-11(26)18-12-14(20)19-13(17(23)24)10(16(21)22)7-27-15(12)19/h2-5,12,15H,6-7H2,1H3,(H,18,26)(H,21,22)(H,23,24)/t12?,15-/m0/s1. The molecule has 0 spiro atoms. The van der Waals surface area contributed by atoms with Crippen LogP contribution in [0.2, 0.25) is 0 Å². The molecule has 1 aromatic rings. The molecule has 0 radical (unpaired) electrons. The van der Waals surface area contributed by atoms with Gasteiger partial charge in [-0.2, -0.15) is 0 Å². The number of β-lactam (4-membered cyclic amide) rings is 1. The van der Waals surface area contributed by atoms with E-state index in [1.165, 1.54) is 11.8 Å². The van der Waals surface area contributed by atoms with Crippen LogP contribution in [-0.2, 0) is 20.8 Å². The van der Waals surface area contributed by atoms with Crippen molar-refractivity contribution in [3.05, 3.63) is 41.1 Å². The Balaban J connectivity index is 1.68. The summed E-state index contributed by atoms with van der Waals surface area (Å²) in [5, 5.41) is 21.0. The predicted molar refractivity (Wildman–Crippen MR) is 102 cm³/mol. The Hall–Kier alpha value is -2.59. The Morgan fingerprint density at radius 3 is 2.52 bits per heavy atom. The van der Waals surface area contributed by atoms with Crippen molar-refractivity contribution in [1.82, 2.24) is 10.2 Å². The first-order valence-corrected chi connectivity index (χ1v) is 9.36. The van der Waals surface area contributed by atoms with Gasteiger partial charge < -0.3 is 20.3 Å². The molecule has 2 atom stereocenters. The van der Waals surface area contributed by atoms with Gasteiger partial charge in [0.2, 0.25) is 0 Å². The number of methoxy groups -OCH3 is 1. The zero-order valence-electron chi connectivity index (χ0n) is 14.2. The molecule has 27 heavy (non-hydrogen) atoms. The van der Waals surface area contributed by atoms with Crippen molar-refractivity contribution in [3.8, 4) is 5.75 Å². The van der Waals surface area contributed by atoms with Crippen LogP contribution in [0.15, 0.2) is 35.5 Å². The van der Waals surface area contributed by atoms with Gasteiger partial charge in [0.05, 0.1) is 17.7 Å². The molecule has 1 amide bonds. The molecule has 0 bridgehead atoms. The van der Waals surface area contributed by atoms with Crippen LogP contribution in [0.25, 0.3) is 0 Å². The average molecular weight is 408 g/mol. The van der Waals surface area contributed by atoms with Crippen molar-refractivity contribution in [2.24, 2.45) is 0 Å². The number of thiocarbonyl (C=S) groups is 1. The van der Waals surface area contributed by atoms with Crippen molar-refractivity contribution >= 4 is 46.8 Å². The zero-order valence-corrected chi connectivity index (χ0v) is 15.8. The van der Waals surface area contributed by atoms with Gasteiger partial charge in [0.15, 0.2) is 0 Å². The number of aliphatic carboxylic acids is 2. The molecule has 0 saturated carbocycles. The molecule has 1 unspecified atom stereocenters. The summed E-state index contributed by atoms with van der Waals surface area (Å²) in [6.45, 7) is 0. The number of thioether (sulfide) groups is 1. The van der Waals surface area contributed by atoms with Gasteiger partial charge in [-0.05, 0) is 17.7 Å². The van der Waals surface area contributed by atoms with Gasteiger partial charge in [-0.15, -0.1) is 11.8 Å². The van der Waals surface area contributed by atoms with E-state index in [9.17, 15) is 19.5 Å².